The molecule has 0 radical (unpaired) electrons. The molecule has 1 fully saturated rings. The monoisotopic (exact) mass is 293 g/mol. The number of aromatic hydroxyl groups is 1. The van der Waals surface area contributed by atoms with Crippen molar-refractivity contribution in [3.63, 3.8) is 0 Å². The molecule has 2 atom stereocenters. The molecule has 0 spiro atoms. The van der Waals surface area contributed by atoms with Gasteiger partial charge in [-0.3, -0.25) is 0 Å². The lowest BCUT2D eigenvalue weighted by molar-refractivity contribution is 0.133. The van der Waals surface area contributed by atoms with Crippen LogP contribution < -0.4 is 10.1 Å². The molecule has 0 aromatic heterocycles. The van der Waals surface area contributed by atoms with E-state index in [0.717, 1.165) is 18.5 Å². The normalized spacial score (nSPS) is 22.2. The van der Waals surface area contributed by atoms with Gasteiger partial charge in [0.2, 0.25) is 0 Å². The van der Waals surface area contributed by atoms with E-state index in [9.17, 15) is 10.2 Å². The van der Waals surface area contributed by atoms with Gasteiger partial charge in [0.05, 0.1) is 6.61 Å². The summed E-state index contributed by atoms with van der Waals surface area (Å²) in [7, 11) is 0. The van der Waals surface area contributed by atoms with Crippen molar-refractivity contribution in [2.45, 2.75) is 39.2 Å². The minimum Gasteiger partial charge on any atom is -0.504 e. The summed E-state index contributed by atoms with van der Waals surface area (Å²) in [5.74, 6) is 1.74. The lowest BCUT2D eigenvalue weighted by Crippen LogP contribution is -2.32. The van der Waals surface area contributed by atoms with E-state index in [2.05, 4.69) is 5.32 Å². The molecule has 1 aliphatic carbocycles. The Labute approximate surface area is 127 Å². The highest BCUT2D eigenvalue weighted by atomic mass is 16.5. The molecule has 1 aliphatic rings. The fraction of sp³-hybridized carbons (Fsp3) is 0.647. The van der Waals surface area contributed by atoms with Gasteiger partial charge in [0.1, 0.15) is 0 Å². The molecule has 0 aliphatic heterocycles. The third kappa shape index (κ3) is 4.35. The van der Waals surface area contributed by atoms with Crippen LogP contribution in [0.5, 0.6) is 11.5 Å². The van der Waals surface area contributed by atoms with E-state index in [1.165, 1.54) is 19.3 Å². The Morgan fingerprint density at radius 1 is 1.24 bits per heavy atom. The molecule has 2 unspecified atom stereocenters. The van der Waals surface area contributed by atoms with Gasteiger partial charge in [0.15, 0.2) is 11.5 Å². The van der Waals surface area contributed by atoms with Crippen molar-refractivity contribution in [2.75, 3.05) is 19.8 Å². The molecule has 4 nitrogen and oxygen atoms in total. The summed E-state index contributed by atoms with van der Waals surface area (Å²) >= 11 is 0. The number of phenols is 1. The van der Waals surface area contributed by atoms with E-state index in [-0.39, 0.29) is 12.4 Å². The maximum atomic E-state index is 10.2. The second kappa shape index (κ2) is 8.25. The van der Waals surface area contributed by atoms with Crippen molar-refractivity contribution in [1.82, 2.24) is 5.32 Å². The Balaban J connectivity index is 1.86. The van der Waals surface area contributed by atoms with Gasteiger partial charge in [-0.15, -0.1) is 0 Å². The van der Waals surface area contributed by atoms with Crippen LogP contribution >= 0.6 is 0 Å². The number of aliphatic hydroxyl groups is 1. The van der Waals surface area contributed by atoms with E-state index in [0.29, 0.717) is 30.7 Å². The van der Waals surface area contributed by atoms with E-state index in [1.54, 1.807) is 6.07 Å². The number of rotatable bonds is 7. The number of ether oxygens (including phenoxy) is 1. The molecule has 0 saturated heterocycles. The second-order valence-electron chi connectivity index (χ2n) is 5.81. The van der Waals surface area contributed by atoms with Gasteiger partial charge in [0, 0.05) is 18.7 Å². The highest BCUT2D eigenvalue weighted by Crippen LogP contribution is 2.31. The molecule has 3 N–H and O–H groups in total. The van der Waals surface area contributed by atoms with Crippen molar-refractivity contribution in [3.05, 3.63) is 23.8 Å². The van der Waals surface area contributed by atoms with E-state index in [4.69, 9.17) is 4.74 Å². The van der Waals surface area contributed by atoms with Crippen molar-refractivity contribution in [2.24, 2.45) is 11.8 Å². The summed E-state index contributed by atoms with van der Waals surface area (Å²) in [6, 6.07) is 5.60. The number of hydrogen-bond donors (Lipinski definition) is 3. The smallest absolute Gasteiger partial charge is 0.162 e. The van der Waals surface area contributed by atoms with Crippen LogP contribution in [0, 0.1) is 11.8 Å². The summed E-state index contributed by atoms with van der Waals surface area (Å²) in [5.41, 5.74) is 0.859. The van der Waals surface area contributed by atoms with Crippen LogP contribution in [0.2, 0.25) is 0 Å². The average molecular weight is 293 g/mol. The Hall–Kier alpha value is -1.26. The summed E-state index contributed by atoms with van der Waals surface area (Å²) in [4.78, 5) is 0. The molecule has 0 heterocycles. The predicted octanol–water partition coefficient (Wildman–Crippen LogP) is 2.68. The standard InChI is InChI=1S/C17H27NO3/c1-2-21-16-9-5-8-14(17(16)20)11-18-10-13-6-3-4-7-15(13)12-19/h5,8-9,13,15,18-20H,2-4,6-7,10-12H2,1H3. The Bertz CT molecular complexity index is 436. The van der Waals surface area contributed by atoms with Crippen LogP contribution in [0.1, 0.15) is 38.2 Å². The quantitative estimate of drug-likeness (QED) is 0.723. The average Bonchev–Trinajstić information content (AvgIpc) is 2.51. The maximum absolute atomic E-state index is 10.2. The molecule has 2 rings (SSSR count). The highest BCUT2D eigenvalue weighted by molar-refractivity contribution is 5.45. The van der Waals surface area contributed by atoms with Gasteiger partial charge in [-0.2, -0.15) is 0 Å². The number of para-hydroxylation sites is 1. The fourth-order valence-corrected chi connectivity index (χ4v) is 3.17. The lowest BCUT2D eigenvalue weighted by atomic mass is 9.79. The molecule has 0 amide bonds. The number of phenolic OH excluding ortho intramolecular Hbond substituents is 1. The lowest BCUT2D eigenvalue weighted by Gasteiger charge is -2.30. The first kappa shape index (κ1) is 16.1. The highest BCUT2D eigenvalue weighted by Gasteiger charge is 2.23. The summed E-state index contributed by atoms with van der Waals surface area (Å²) in [5, 5.41) is 23.0. The van der Waals surface area contributed by atoms with E-state index >= 15 is 0 Å². The summed E-state index contributed by atoms with van der Waals surface area (Å²) in [6.45, 7) is 4.26. The summed E-state index contributed by atoms with van der Waals surface area (Å²) < 4.78 is 5.40. The first-order chi connectivity index (χ1) is 10.3. The van der Waals surface area contributed by atoms with E-state index < -0.39 is 0 Å². The van der Waals surface area contributed by atoms with Crippen molar-refractivity contribution in [3.8, 4) is 11.5 Å². The molecular weight excluding hydrogens is 266 g/mol. The zero-order valence-electron chi connectivity index (χ0n) is 12.8. The second-order valence-corrected chi connectivity index (χ2v) is 5.81. The first-order valence-electron chi connectivity index (χ1n) is 8.01. The van der Waals surface area contributed by atoms with Gasteiger partial charge in [0.25, 0.3) is 0 Å². The third-order valence-electron chi connectivity index (χ3n) is 4.41. The molecule has 4 heteroatoms. The van der Waals surface area contributed by atoms with Crippen LogP contribution in [-0.2, 0) is 6.54 Å². The maximum Gasteiger partial charge on any atom is 0.162 e. The Morgan fingerprint density at radius 2 is 2.00 bits per heavy atom. The van der Waals surface area contributed by atoms with Crippen molar-refractivity contribution >= 4 is 0 Å². The molecule has 1 aromatic carbocycles. The number of hydrogen-bond acceptors (Lipinski definition) is 4. The minimum atomic E-state index is 0.231. The van der Waals surface area contributed by atoms with E-state index in [1.807, 2.05) is 19.1 Å². The summed E-state index contributed by atoms with van der Waals surface area (Å²) in [6.07, 6.45) is 4.81. The third-order valence-corrected chi connectivity index (χ3v) is 4.41. The SMILES string of the molecule is CCOc1cccc(CNCC2CCCCC2CO)c1O. The van der Waals surface area contributed by atoms with Crippen LogP contribution in [0.4, 0.5) is 0 Å². The Morgan fingerprint density at radius 3 is 2.71 bits per heavy atom. The topological polar surface area (TPSA) is 61.7 Å². The van der Waals surface area contributed by atoms with Crippen LogP contribution in [-0.4, -0.2) is 30.0 Å². The molecule has 0 bridgehead atoms. The molecule has 1 saturated carbocycles. The van der Waals surface area contributed by atoms with Crippen LogP contribution in [0.3, 0.4) is 0 Å². The zero-order valence-corrected chi connectivity index (χ0v) is 12.8. The van der Waals surface area contributed by atoms with Gasteiger partial charge in [-0.25, -0.2) is 0 Å². The minimum absolute atomic E-state index is 0.231. The fourth-order valence-electron chi connectivity index (χ4n) is 3.17. The predicted molar refractivity (Wildman–Crippen MR) is 83.5 cm³/mol. The van der Waals surface area contributed by atoms with Crippen molar-refractivity contribution < 1.29 is 14.9 Å². The zero-order chi connectivity index (χ0) is 15.1. The number of nitrogens with one attached hydrogen (secondary N) is 1. The van der Waals surface area contributed by atoms with Crippen LogP contribution in [0.25, 0.3) is 0 Å². The van der Waals surface area contributed by atoms with Crippen LogP contribution in [0.15, 0.2) is 18.2 Å². The van der Waals surface area contributed by atoms with Crippen molar-refractivity contribution in [1.29, 1.82) is 0 Å². The largest absolute Gasteiger partial charge is 0.504 e. The Kier molecular flexibility index (Phi) is 6.33. The number of benzene rings is 1. The number of aliphatic hydroxyl groups excluding tert-OH is 1. The van der Waals surface area contributed by atoms with Gasteiger partial charge >= 0.3 is 0 Å². The molecule has 1 aromatic rings. The van der Waals surface area contributed by atoms with Gasteiger partial charge in [-0.1, -0.05) is 25.0 Å². The van der Waals surface area contributed by atoms with Gasteiger partial charge < -0.3 is 20.3 Å². The molecule has 21 heavy (non-hydrogen) atoms. The molecular formula is C17H27NO3. The first-order valence-corrected chi connectivity index (χ1v) is 8.01. The van der Waals surface area contributed by atoms with Gasteiger partial charge in [-0.05, 0) is 44.2 Å². The molecule has 118 valence electrons.